The monoisotopic (exact) mass is 694 g/mol. The van der Waals surface area contributed by atoms with Gasteiger partial charge < -0.3 is 30.4 Å². The minimum Gasteiger partial charge on any atom is -0.479 e. The summed E-state index contributed by atoms with van der Waals surface area (Å²) in [5.41, 5.74) is 1.65. The molecule has 0 radical (unpaired) electrons. The van der Waals surface area contributed by atoms with Gasteiger partial charge in [-0.25, -0.2) is 18.0 Å². The molecule has 0 aliphatic heterocycles. The number of hydrogen-bond acceptors (Lipinski definition) is 8. The Hall–Kier alpha value is -4.74. The fraction of sp³-hybridized carbons (Fsp3) is 0.294. The lowest BCUT2D eigenvalue weighted by Gasteiger charge is -2.25. The van der Waals surface area contributed by atoms with Crippen molar-refractivity contribution in [2.75, 3.05) is 17.7 Å². The number of anilines is 2. The predicted molar refractivity (Wildman–Crippen MR) is 188 cm³/mol. The molecule has 254 valence electrons. The number of carboxylic acid groups (broad SMARTS) is 1. The lowest BCUT2D eigenvalue weighted by molar-refractivity contribution is -0.138. The van der Waals surface area contributed by atoms with Crippen LogP contribution in [0, 0.1) is 0 Å². The van der Waals surface area contributed by atoms with E-state index in [0.717, 1.165) is 10.9 Å². The molecule has 12 nitrogen and oxygen atoms in total. The van der Waals surface area contributed by atoms with Crippen molar-refractivity contribution in [1.29, 1.82) is 0 Å². The number of carbonyl (C=O) groups is 3. The summed E-state index contributed by atoms with van der Waals surface area (Å²) in [4.78, 5) is 53.4. The number of pyridine rings is 1. The third-order valence-corrected chi connectivity index (χ3v) is 9.05. The zero-order valence-electron chi connectivity index (χ0n) is 27.1. The Kier molecular flexibility index (Phi) is 11.3. The molecule has 0 saturated carbocycles. The highest BCUT2D eigenvalue weighted by Crippen LogP contribution is 2.27. The van der Waals surface area contributed by atoms with E-state index in [1.807, 2.05) is 12.1 Å². The first-order valence-corrected chi connectivity index (χ1v) is 18.1. The molecule has 0 saturated heterocycles. The van der Waals surface area contributed by atoms with Crippen LogP contribution in [-0.4, -0.2) is 54.0 Å². The molecule has 1 heterocycles. The molecule has 1 aromatic heterocycles. The first-order chi connectivity index (χ1) is 22.5. The van der Waals surface area contributed by atoms with Crippen molar-refractivity contribution in [3.05, 3.63) is 100.0 Å². The van der Waals surface area contributed by atoms with E-state index in [9.17, 15) is 32.7 Å². The maximum absolute atomic E-state index is 12.8. The molecular weight excluding hydrogens is 655 g/mol. The first kappa shape index (κ1) is 36.1. The van der Waals surface area contributed by atoms with Crippen LogP contribution in [0.5, 0.6) is 0 Å². The zero-order chi connectivity index (χ0) is 35.2. The number of aryl methyl sites for hydroxylation is 1. The van der Waals surface area contributed by atoms with Gasteiger partial charge in [0, 0.05) is 36.4 Å². The van der Waals surface area contributed by atoms with E-state index in [0.29, 0.717) is 40.7 Å². The number of aromatic nitrogens is 1. The third kappa shape index (κ3) is 9.88. The van der Waals surface area contributed by atoms with Crippen LogP contribution in [0.3, 0.4) is 0 Å². The standard InChI is InChI=1S/C34H39N4O8PS/c1-34(2,3)46-33(43)38(4)20-24-18-25(14-15-28(24)48(44,45)47)36-29(39)7-5-6-21-8-10-23(11-9-21)30(32(41)42)37-26-13-12-22-16-17-35-31(40)27(22)19-26/h8-19,30,37H,5-7,20,47H2,1-4H3,(H,35,40)(H,36,39)(H,41,42). The number of H-pyrrole nitrogens is 1. The highest BCUT2D eigenvalue weighted by atomic mass is 32.7. The minimum atomic E-state index is -3.69. The van der Waals surface area contributed by atoms with Gasteiger partial charge >= 0.3 is 12.1 Å². The number of rotatable bonds is 12. The lowest BCUT2D eigenvalue weighted by Crippen LogP contribution is -2.34. The van der Waals surface area contributed by atoms with Crippen LogP contribution in [0.2, 0.25) is 0 Å². The summed E-state index contributed by atoms with van der Waals surface area (Å²) in [6.07, 6.45) is 2.18. The van der Waals surface area contributed by atoms with Crippen LogP contribution in [0.15, 0.2) is 82.6 Å². The van der Waals surface area contributed by atoms with E-state index in [-0.39, 0.29) is 29.3 Å². The molecule has 0 bridgehead atoms. The molecule has 4 aromatic rings. The fourth-order valence-corrected chi connectivity index (χ4v) is 6.44. The predicted octanol–water partition coefficient (Wildman–Crippen LogP) is 5.66. The van der Waals surface area contributed by atoms with Crippen LogP contribution in [0.25, 0.3) is 10.8 Å². The van der Waals surface area contributed by atoms with Crippen LogP contribution in [0.1, 0.15) is 56.3 Å². The Morgan fingerprint density at radius 2 is 1.69 bits per heavy atom. The fourth-order valence-electron chi connectivity index (χ4n) is 5.00. The van der Waals surface area contributed by atoms with E-state index in [4.69, 9.17) is 4.74 Å². The number of ether oxygens (including phenoxy) is 1. The van der Waals surface area contributed by atoms with Gasteiger partial charge in [-0.05, 0) is 101 Å². The van der Waals surface area contributed by atoms with Crippen molar-refractivity contribution in [2.45, 2.75) is 63.1 Å². The number of benzene rings is 3. The summed E-state index contributed by atoms with van der Waals surface area (Å²) in [6.45, 7) is 5.14. The largest absolute Gasteiger partial charge is 0.479 e. The second-order valence-electron chi connectivity index (χ2n) is 12.4. The molecule has 0 fully saturated rings. The van der Waals surface area contributed by atoms with Crippen LogP contribution in [-0.2, 0) is 36.7 Å². The Labute approximate surface area is 280 Å². The summed E-state index contributed by atoms with van der Waals surface area (Å²) in [5.74, 6) is -1.35. The van der Waals surface area contributed by atoms with Gasteiger partial charge in [-0.1, -0.05) is 30.3 Å². The van der Waals surface area contributed by atoms with Crippen molar-refractivity contribution in [3.63, 3.8) is 0 Å². The lowest BCUT2D eigenvalue weighted by atomic mass is 10.0. The zero-order valence-corrected chi connectivity index (χ0v) is 29.0. The summed E-state index contributed by atoms with van der Waals surface area (Å²) >= 11 is 0. The first-order valence-electron chi connectivity index (χ1n) is 15.1. The van der Waals surface area contributed by atoms with E-state index >= 15 is 0 Å². The van der Waals surface area contributed by atoms with Crippen molar-refractivity contribution < 1.29 is 32.6 Å². The van der Waals surface area contributed by atoms with Crippen molar-refractivity contribution >= 4 is 58.0 Å². The van der Waals surface area contributed by atoms with Crippen molar-refractivity contribution in [1.82, 2.24) is 9.88 Å². The molecule has 4 rings (SSSR count). The van der Waals surface area contributed by atoms with Crippen molar-refractivity contribution in [2.24, 2.45) is 0 Å². The summed E-state index contributed by atoms with van der Waals surface area (Å²) in [5, 5.41) is 16.9. The van der Waals surface area contributed by atoms with Gasteiger partial charge in [0.2, 0.25) is 5.91 Å². The Bertz CT molecular complexity index is 1990. The number of carbonyl (C=O) groups excluding carboxylic acids is 2. The molecule has 2 atom stereocenters. The van der Waals surface area contributed by atoms with Gasteiger partial charge in [0.25, 0.3) is 5.56 Å². The summed E-state index contributed by atoms with van der Waals surface area (Å²) in [6, 6.07) is 17.3. The average molecular weight is 695 g/mol. The SMILES string of the molecule is CN(Cc1cc(NC(=O)CCCc2ccc(C(Nc3ccc4cc[nH]c(=O)c4c3)C(=O)O)cc2)ccc1S(=O)(=O)P)C(=O)OC(C)(C)C. The molecule has 14 heteroatoms. The smallest absolute Gasteiger partial charge is 0.410 e. The second-order valence-corrected chi connectivity index (χ2v) is 15.8. The maximum atomic E-state index is 12.8. The molecule has 48 heavy (non-hydrogen) atoms. The van der Waals surface area contributed by atoms with Crippen molar-refractivity contribution in [3.8, 4) is 0 Å². The summed E-state index contributed by atoms with van der Waals surface area (Å²) < 4.78 is 30.1. The van der Waals surface area contributed by atoms with Gasteiger partial charge in [0.1, 0.15) is 5.60 Å². The Morgan fingerprint density at radius 1 is 1.00 bits per heavy atom. The number of aliphatic carboxylic acids is 1. The highest BCUT2D eigenvalue weighted by Gasteiger charge is 2.23. The molecule has 0 aliphatic carbocycles. The van der Waals surface area contributed by atoms with E-state index in [1.54, 1.807) is 71.8 Å². The molecule has 0 aliphatic rings. The van der Waals surface area contributed by atoms with Gasteiger partial charge in [-0.2, -0.15) is 0 Å². The summed E-state index contributed by atoms with van der Waals surface area (Å²) in [7, 11) is -0.397. The molecule has 2 unspecified atom stereocenters. The molecule has 3 aromatic carbocycles. The van der Waals surface area contributed by atoms with Gasteiger partial charge in [0.15, 0.2) is 15.5 Å². The van der Waals surface area contributed by atoms with Gasteiger partial charge in [-0.3, -0.25) is 9.59 Å². The van der Waals surface area contributed by atoms with Gasteiger partial charge in [0.05, 0.1) is 11.4 Å². The van der Waals surface area contributed by atoms with Crippen LogP contribution < -0.4 is 16.2 Å². The van der Waals surface area contributed by atoms with E-state index in [2.05, 4.69) is 15.6 Å². The van der Waals surface area contributed by atoms with Crippen LogP contribution >= 0.6 is 8.44 Å². The molecule has 4 N–H and O–H groups in total. The van der Waals surface area contributed by atoms with E-state index in [1.165, 1.54) is 30.1 Å². The number of nitrogens with zero attached hydrogens (tertiary/aromatic N) is 1. The average Bonchev–Trinajstić information content (AvgIpc) is 2.99. The topological polar surface area (TPSA) is 175 Å². The molecule has 2 amide bonds. The Morgan fingerprint density at radius 3 is 2.33 bits per heavy atom. The second kappa shape index (κ2) is 15.0. The van der Waals surface area contributed by atoms with E-state index < -0.39 is 33.2 Å². The quantitative estimate of drug-likeness (QED) is 0.136. The number of amides is 2. The highest BCUT2D eigenvalue weighted by molar-refractivity contribution is 8.37. The normalized spacial score (nSPS) is 12.3. The third-order valence-electron chi connectivity index (χ3n) is 7.28. The number of fused-ring (bicyclic) bond motifs is 1. The van der Waals surface area contributed by atoms with Gasteiger partial charge in [-0.15, -0.1) is 0 Å². The number of carboxylic acids is 1. The molecule has 0 spiro atoms. The Balaban J connectivity index is 1.35. The number of nitrogens with one attached hydrogen (secondary N) is 3. The number of hydrogen-bond donors (Lipinski definition) is 4. The number of aromatic amines is 1. The van der Waals surface area contributed by atoms with Crippen LogP contribution in [0.4, 0.5) is 16.2 Å². The minimum absolute atomic E-state index is 0.0113. The molecular formula is C34H39N4O8PS. The maximum Gasteiger partial charge on any atom is 0.410 e.